The molecule has 1 amide bonds. The molecule has 1 aliphatic rings. The third kappa shape index (κ3) is 4.68. The fraction of sp³-hybridized carbons (Fsp3) is 0.316. The predicted molar refractivity (Wildman–Crippen MR) is 108 cm³/mol. The minimum Gasteiger partial charge on any atom is -0.330 e. The van der Waals surface area contributed by atoms with Crippen LogP contribution in [0.2, 0.25) is 0 Å². The van der Waals surface area contributed by atoms with E-state index in [0.717, 1.165) is 5.56 Å². The zero-order valence-electron chi connectivity index (χ0n) is 15.0. The van der Waals surface area contributed by atoms with E-state index in [9.17, 15) is 13.2 Å². The second kappa shape index (κ2) is 8.84. The van der Waals surface area contributed by atoms with Gasteiger partial charge in [-0.1, -0.05) is 30.3 Å². The van der Waals surface area contributed by atoms with Crippen LogP contribution in [0.1, 0.15) is 18.4 Å². The van der Waals surface area contributed by atoms with Crippen molar-refractivity contribution in [3.8, 4) is 0 Å². The standard InChI is InChI=1S/C19H23N3O3S.ClH/c1-14(23)21-17-7-9-18(10-8-17)26(24,25)22-12-16(11-20)19(13-22)15-5-3-2-4-6-15;/h2-10,16,19H,11-13,20H2,1H3,(H,21,23);1H/t16-,19+;/m1./s1. The maximum atomic E-state index is 13.0. The molecule has 1 saturated heterocycles. The van der Waals surface area contributed by atoms with E-state index in [2.05, 4.69) is 5.32 Å². The molecule has 0 unspecified atom stereocenters. The molecule has 2 aromatic rings. The minimum absolute atomic E-state index is 0. The zero-order valence-corrected chi connectivity index (χ0v) is 16.7. The largest absolute Gasteiger partial charge is 0.330 e. The summed E-state index contributed by atoms with van der Waals surface area (Å²) in [6.45, 7) is 2.67. The Kier molecular flexibility index (Phi) is 7.00. The van der Waals surface area contributed by atoms with Crippen LogP contribution >= 0.6 is 12.4 Å². The number of halogens is 1. The predicted octanol–water partition coefficient (Wildman–Crippen LogP) is 2.43. The molecular weight excluding hydrogens is 386 g/mol. The van der Waals surface area contributed by atoms with Gasteiger partial charge in [-0.3, -0.25) is 4.79 Å². The van der Waals surface area contributed by atoms with E-state index in [1.165, 1.54) is 23.4 Å². The lowest BCUT2D eigenvalue weighted by molar-refractivity contribution is -0.114. The molecule has 146 valence electrons. The van der Waals surface area contributed by atoms with E-state index in [-0.39, 0.29) is 35.0 Å². The van der Waals surface area contributed by atoms with E-state index in [1.54, 1.807) is 12.1 Å². The molecule has 0 radical (unpaired) electrons. The number of carbonyl (C=O) groups excluding carboxylic acids is 1. The van der Waals surface area contributed by atoms with Gasteiger partial charge in [-0.05, 0) is 42.3 Å². The maximum Gasteiger partial charge on any atom is 0.243 e. The first kappa shape index (κ1) is 21.4. The number of rotatable bonds is 5. The first-order valence-electron chi connectivity index (χ1n) is 8.54. The molecule has 1 heterocycles. The van der Waals surface area contributed by atoms with Crippen LogP contribution < -0.4 is 11.1 Å². The van der Waals surface area contributed by atoms with Crippen molar-refractivity contribution in [1.29, 1.82) is 0 Å². The quantitative estimate of drug-likeness (QED) is 0.793. The lowest BCUT2D eigenvalue weighted by Crippen LogP contribution is -2.30. The van der Waals surface area contributed by atoms with Crippen molar-refractivity contribution in [2.75, 3.05) is 25.0 Å². The lowest BCUT2D eigenvalue weighted by atomic mass is 9.89. The van der Waals surface area contributed by atoms with Crippen LogP contribution in [0.4, 0.5) is 5.69 Å². The smallest absolute Gasteiger partial charge is 0.243 e. The van der Waals surface area contributed by atoms with Gasteiger partial charge >= 0.3 is 0 Å². The van der Waals surface area contributed by atoms with Crippen molar-refractivity contribution in [3.05, 3.63) is 60.2 Å². The SMILES string of the molecule is CC(=O)Nc1ccc(S(=O)(=O)N2C[C@@H](CN)[C@H](c3ccccc3)C2)cc1.Cl. The van der Waals surface area contributed by atoms with Gasteiger partial charge in [0, 0.05) is 31.6 Å². The molecule has 1 fully saturated rings. The second-order valence-electron chi connectivity index (χ2n) is 6.54. The first-order chi connectivity index (χ1) is 12.4. The fourth-order valence-electron chi connectivity index (χ4n) is 3.41. The maximum absolute atomic E-state index is 13.0. The Labute approximate surface area is 166 Å². The van der Waals surface area contributed by atoms with Crippen LogP contribution in [0.15, 0.2) is 59.5 Å². The van der Waals surface area contributed by atoms with Crippen LogP contribution in [-0.2, 0) is 14.8 Å². The van der Waals surface area contributed by atoms with Crippen LogP contribution in [0, 0.1) is 5.92 Å². The van der Waals surface area contributed by atoms with Crippen molar-refractivity contribution in [2.45, 2.75) is 17.7 Å². The third-order valence-electron chi connectivity index (χ3n) is 4.75. The lowest BCUT2D eigenvalue weighted by Gasteiger charge is -2.17. The highest BCUT2D eigenvalue weighted by atomic mass is 35.5. The number of nitrogens with zero attached hydrogens (tertiary/aromatic N) is 1. The average molecular weight is 410 g/mol. The molecule has 6 nitrogen and oxygen atoms in total. The molecule has 1 aliphatic heterocycles. The molecule has 27 heavy (non-hydrogen) atoms. The normalized spacial score (nSPS) is 20.1. The molecule has 2 aromatic carbocycles. The summed E-state index contributed by atoms with van der Waals surface area (Å²) in [4.78, 5) is 11.3. The number of hydrogen-bond acceptors (Lipinski definition) is 4. The number of amides is 1. The van der Waals surface area contributed by atoms with Crippen LogP contribution in [0.25, 0.3) is 0 Å². The van der Waals surface area contributed by atoms with Crippen molar-refractivity contribution in [3.63, 3.8) is 0 Å². The summed E-state index contributed by atoms with van der Waals surface area (Å²) in [6, 6.07) is 16.1. The van der Waals surface area contributed by atoms with Crippen molar-refractivity contribution < 1.29 is 13.2 Å². The summed E-state index contributed by atoms with van der Waals surface area (Å²) < 4.78 is 27.5. The van der Waals surface area contributed by atoms with Crippen LogP contribution in [0.5, 0.6) is 0 Å². The molecule has 0 aliphatic carbocycles. The highest BCUT2D eigenvalue weighted by Crippen LogP contribution is 2.35. The van der Waals surface area contributed by atoms with E-state index >= 15 is 0 Å². The summed E-state index contributed by atoms with van der Waals surface area (Å²) in [5.41, 5.74) is 7.59. The number of carbonyl (C=O) groups is 1. The summed E-state index contributed by atoms with van der Waals surface area (Å²) in [5, 5.41) is 2.63. The van der Waals surface area contributed by atoms with Gasteiger partial charge < -0.3 is 11.1 Å². The molecular formula is C19H24ClN3O3S. The summed E-state index contributed by atoms with van der Waals surface area (Å²) in [7, 11) is -3.60. The minimum atomic E-state index is -3.60. The Bertz CT molecular complexity index is 873. The second-order valence-corrected chi connectivity index (χ2v) is 8.48. The summed E-state index contributed by atoms with van der Waals surface area (Å²) in [5.74, 6) is -0.0166. The van der Waals surface area contributed by atoms with Gasteiger partial charge in [-0.25, -0.2) is 8.42 Å². The highest BCUT2D eigenvalue weighted by Gasteiger charge is 2.39. The van der Waals surface area contributed by atoms with Crippen LogP contribution in [-0.4, -0.2) is 38.3 Å². The highest BCUT2D eigenvalue weighted by molar-refractivity contribution is 7.89. The topological polar surface area (TPSA) is 92.5 Å². The van der Waals surface area contributed by atoms with Gasteiger partial charge in [0.2, 0.25) is 15.9 Å². The third-order valence-corrected chi connectivity index (χ3v) is 6.60. The number of nitrogens with one attached hydrogen (secondary N) is 1. The van der Waals surface area contributed by atoms with Crippen molar-refractivity contribution in [2.24, 2.45) is 11.7 Å². The van der Waals surface area contributed by atoms with Gasteiger partial charge in [0.15, 0.2) is 0 Å². The Hall–Kier alpha value is -1.93. The van der Waals surface area contributed by atoms with E-state index in [4.69, 9.17) is 5.73 Å². The number of sulfonamides is 1. The number of benzene rings is 2. The molecule has 3 N–H and O–H groups in total. The molecule has 0 saturated carbocycles. The number of anilines is 1. The van der Waals surface area contributed by atoms with Crippen molar-refractivity contribution in [1.82, 2.24) is 4.31 Å². The first-order valence-corrected chi connectivity index (χ1v) is 9.98. The molecule has 3 rings (SSSR count). The van der Waals surface area contributed by atoms with Gasteiger partial charge in [0.25, 0.3) is 0 Å². The summed E-state index contributed by atoms with van der Waals surface area (Å²) >= 11 is 0. The van der Waals surface area contributed by atoms with E-state index in [1.807, 2.05) is 30.3 Å². The molecule has 2 atom stereocenters. The molecule has 0 spiro atoms. The van der Waals surface area contributed by atoms with Gasteiger partial charge in [-0.2, -0.15) is 4.31 Å². The number of hydrogen-bond donors (Lipinski definition) is 2. The Morgan fingerprint density at radius 3 is 2.30 bits per heavy atom. The molecule has 0 bridgehead atoms. The Morgan fingerprint density at radius 1 is 1.11 bits per heavy atom. The van der Waals surface area contributed by atoms with E-state index < -0.39 is 10.0 Å². The van der Waals surface area contributed by atoms with Gasteiger partial charge in [0.1, 0.15) is 0 Å². The zero-order chi connectivity index (χ0) is 18.7. The average Bonchev–Trinajstić information content (AvgIpc) is 3.08. The van der Waals surface area contributed by atoms with Crippen molar-refractivity contribution >= 4 is 34.0 Å². The Morgan fingerprint density at radius 2 is 1.74 bits per heavy atom. The monoisotopic (exact) mass is 409 g/mol. The van der Waals surface area contributed by atoms with Crippen LogP contribution in [0.3, 0.4) is 0 Å². The van der Waals surface area contributed by atoms with Gasteiger partial charge in [0.05, 0.1) is 4.90 Å². The fourth-order valence-corrected chi connectivity index (χ4v) is 4.93. The van der Waals surface area contributed by atoms with Gasteiger partial charge in [-0.15, -0.1) is 12.4 Å². The Balaban J connectivity index is 0.00000261. The van der Waals surface area contributed by atoms with E-state index in [0.29, 0.717) is 25.3 Å². The molecule has 8 heteroatoms. The molecule has 0 aromatic heterocycles. The summed E-state index contributed by atoms with van der Waals surface area (Å²) in [6.07, 6.45) is 0. The number of nitrogens with two attached hydrogens (primary N) is 1.